The Labute approximate surface area is 171 Å². The van der Waals surface area contributed by atoms with Crippen LogP contribution in [-0.2, 0) is 25.6 Å². The Bertz CT molecular complexity index is 1020. The highest BCUT2D eigenvalue weighted by atomic mass is 16.3. The van der Waals surface area contributed by atoms with Crippen molar-refractivity contribution in [3.63, 3.8) is 0 Å². The number of likely N-dealkylation sites (N-methyl/N-ethyl adjacent to an activating group) is 1. The number of Topliss-reactive ketones (excluding diaryl/α,β-unsaturated/α-hetero) is 4. The molecule has 158 valence electrons. The number of carbonyl (C=O) groups is 5. The van der Waals surface area contributed by atoms with Gasteiger partial charge in [-0.25, -0.2) is 0 Å². The van der Waals surface area contributed by atoms with Crippen LogP contribution in [0.25, 0.3) is 0 Å². The van der Waals surface area contributed by atoms with Crippen molar-refractivity contribution < 1.29 is 34.2 Å². The molecule has 3 aliphatic rings. The average Bonchev–Trinajstić information content (AvgIpc) is 2.64. The Balaban J connectivity index is 1.87. The Hall–Kier alpha value is -2.91. The summed E-state index contributed by atoms with van der Waals surface area (Å²) < 4.78 is 0. The van der Waals surface area contributed by atoms with Gasteiger partial charge in [0.1, 0.15) is 5.75 Å². The number of amides is 1. The summed E-state index contributed by atoms with van der Waals surface area (Å²) in [5.41, 5.74) is 3.16. The summed E-state index contributed by atoms with van der Waals surface area (Å²) in [6.07, 6.45) is 0.333. The number of phenols is 1. The van der Waals surface area contributed by atoms with Crippen LogP contribution < -0.4 is 5.73 Å². The van der Waals surface area contributed by atoms with Gasteiger partial charge < -0.3 is 15.9 Å². The normalized spacial score (nSPS) is 35.7. The molecule has 0 aliphatic heterocycles. The summed E-state index contributed by atoms with van der Waals surface area (Å²) in [6, 6.07) is 3.52. The van der Waals surface area contributed by atoms with Crippen LogP contribution in [0.4, 0.5) is 0 Å². The van der Waals surface area contributed by atoms with Gasteiger partial charge in [-0.3, -0.25) is 28.9 Å². The lowest BCUT2D eigenvalue weighted by molar-refractivity contribution is -0.181. The number of phenolic OH excluding ortho intramolecular Hbond substituents is 1. The number of aliphatic hydroxyl groups is 1. The Morgan fingerprint density at radius 1 is 1.17 bits per heavy atom. The van der Waals surface area contributed by atoms with Crippen molar-refractivity contribution in [3.8, 4) is 5.75 Å². The van der Waals surface area contributed by atoms with Gasteiger partial charge in [0, 0.05) is 5.92 Å². The Kier molecular flexibility index (Phi) is 4.44. The number of ketones is 4. The van der Waals surface area contributed by atoms with Crippen LogP contribution in [-0.4, -0.2) is 69.9 Å². The Morgan fingerprint density at radius 2 is 1.83 bits per heavy atom. The van der Waals surface area contributed by atoms with Crippen molar-refractivity contribution in [3.05, 3.63) is 29.3 Å². The predicted octanol–water partition coefficient (Wildman–Crippen LogP) is -1.13. The number of aromatic hydroxyl groups is 1. The summed E-state index contributed by atoms with van der Waals surface area (Å²) in [5.74, 6) is -10.2. The van der Waals surface area contributed by atoms with Gasteiger partial charge in [0.15, 0.2) is 34.7 Å². The maximum absolute atomic E-state index is 13.4. The topological polar surface area (TPSA) is 155 Å². The standard InChI is InChI=1S/C21H22N2O7/c1-23(2)15-10-7-9-6-8-4-3-5-11(24)12(8)16(25)13(9)18(27)21(10,30)19(28)14(17(15)26)20(22)29/h3-5,9-10,13-15,24,30H,6-7H2,1-2H3,(H2,22,29)/t9?,10?,13?,14?,15?,21-/m0/s1. The van der Waals surface area contributed by atoms with Gasteiger partial charge >= 0.3 is 0 Å². The first-order valence-electron chi connectivity index (χ1n) is 9.67. The van der Waals surface area contributed by atoms with E-state index in [9.17, 15) is 34.2 Å². The van der Waals surface area contributed by atoms with E-state index in [1.165, 1.54) is 11.0 Å². The summed E-state index contributed by atoms with van der Waals surface area (Å²) in [7, 11) is 3.10. The number of carbonyl (C=O) groups excluding carboxylic acids is 5. The van der Waals surface area contributed by atoms with Gasteiger partial charge in [0.25, 0.3) is 0 Å². The van der Waals surface area contributed by atoms with Gasteiger partial charge in [0.05, 0.1) is 17.5 Å². The van der Waals surface area contributed by atoms with Crippen LogP contribution in [0.5, 0.6) is 5.75 Å². The second kappa shape index (κ2) is 6.55. The Morgan fingerprint density at radius 3 is 2.43 bits per heavy atom. The molecule has 5 unspecified atom stereocenters. The van der Waals surface area contributed by atoms with Crippen molar-refractivity contribution in [1.29, 1.82) is 0 Å². The van der Waals surface area contributed by atoms with Gasteiger partial charge in [-0.15, -0.1) is 0 Å². The first-order valence-corrected chi connectivity index (χ1v) is 9.67. The summed E-state index contributed by atoms with van der Waals surface area (Å²) >= 11 is 0. The maximum atomic E-state index is 13.4. The lowest BCUT2D eigenvalue weighted by atomic mass is 9.52. The first kappa shape index (κ1) is 20.4. The van der Waals surface area contributed by atoms with E-state index in [0.29, 0.717) is 5.56 Å². The van der Waals surface area contributed by atoms with Crippen molar-refractivity contribution >= 4 is 29.0 Å². The molecule has 3 aliphatic carbocycles. The lowest BCUT2D eigenvalue weighted by Crippen LogP contribution is -2.74. The molecule has 4 rings (SSSR count). The van der Waals surface area contributed by atoms with Crippen LogP contribution in [0.2, 0.25) is 0 Å². The van der Waals surface area contributed by atoms with Gasteiger partial charge in [-0.1, -0.05) is 12.1 Å². The molecule has 0 bridgehead atoms. The molecular formula is C21H22N2O7. The molecule has 4 N–H and O–H groups in total. The average molecular weight is 414 g/mol. The van der Waals surface area contributed by atoms with E-state index in [-0.39, 0.29) is 24.2 Å². The monoisotopic (exact) mass is 414 g/mol. The van der Waals surface area contributed by atoms with Crippen LogP contribution >= 0.6 is 0 Å². The largest absolute Gasteiger partial charge is 0.507 e. The van der Waals surface area contributed by atoms with Crippen molar-refractivity contribution in [2.24, 2.45) is 29.4 Å². The fourth-order valence-corrected chi connectivity index (χ4v) is 5.54. The molecule has 9 nitrogen and oxygen atoms in total. The second-order valence-electron chi connectivity index (χ2n) is 8.60. The molecule has 9 heteroatoms. The zero-order valence-electron chi connectivity index (χ0n) is 16.5. The molecule has 1 aromatic carbocycles. The number of nitrogens with zero attached hydrogens (tertiary/aromatic N) is 1. The molecule has 1 amide bonds. The number of fused-ring (bicyclic) bond motifs is 3. The minimum absolute atomic E-state index is 0.00379. The van der Waals surface area contributed by atoms with Crippen molar-refractivity contribution in [2.45, 2.75) is 24.5 Å². The third-order valence-electron chi connectivity index (χ3n) is 6.80. The van der Waals surface area contributed by atoms with Crippen LogP contribution in [0.3, 0.4) is 0 Å². The molecule has 2 fully saturated rings. The van der Waals surface area contributed by atoms with Crippen LogP contribution in [0.15, 0.2) is 18.2 Å². The third-order valence-corrected chi connectivity index (χ3v) is 6.80. The van der Waals surface area contributed by atoms with Crippen molar-refractivity contribution in [2.75, 3.05) is 14.1 Å². The lowest BCUT2D eigenvalue weighted by Gasteiger charge is -2.52. The van der Waals surface area contributed by atoms with E-state index >= 15 is 0 Å². The smallest absolute Gasteiger partial charge is 0.235 e. The van der Waals surface area contributed by atoms with Gasteiger partial charge in [-0.05, 0) is 44.5 Å². The highest BCUT2D eigenvalue weighted by Gasteiger charge is 2.69. The molecule has 2 saturated carbocycles. The SMILES string of the molecule is CN(C)C1C(=O)C(C(N)=O)C(=O)[C@@]2(O)C(=O)C3C(=O)c4c(O)cccc4CC3CC12. The molecule has 0 aromatic heterocycles. The van der Waals surface area contributed by atoms with E-state index in [1.807, 2.05) is 0 Å². The summed E-state index contributed by atoms with van der Waals surface area (Å²) in [6.45, 7) is 0. The minimum atomic E-state index is -2.68. The summed E-state index contributed by atoms with van der Waals surface area (Å²) in [5, 5.41) is 21.5. The van der Waals surface area contributed by atoms with E-state index < -0.39 is 64.4 Å². The molecule has 6 atom stereocenters. The fourth-order valence-electron chi connectivity index (χ4n) is 5.54. The number of hydrogen-bond donors (Lipinski definition) is 3. The zero-order valence-corrected chi connectivity index (χ0v) is 16.5. The third kappa shape index (κ3) is 2.45. The minimum Gasteiger partial charge on any atom is -0.507 e. The summed E-state index contributed by atoms with van der Waals surface area (Å²) in [4.78, 5) is 65.8. The molecule has 0 heterocycles. The molecule has 1 aromatic rings. The van der Waals surface area contributed by atoms with E-state index in [1.54, 1.807) is 26.2 Å². The number of hydrogen-bond acceptors (Lipinski definition) is 8. The molecule has 0 saturated heterocycles. The van der Waals surface area contributed by atoms with Crippen molar-refractivity contribution in [1.82, 2.24) is 4.90 Å². The quantitative estimate of drug-likeness (QED) is 0.513. The number of rotatable bonds is 2. The highest BCUT2D eigenvalue weighted by molar-refractivity contribution is 6.32. The molecule has 0 spiro atoms. The van der Waals surface area contributed by atoms with E-state index in [0.717, 1.165) is 0 Å². The maximum Gasteiger partial charge on any atom is 0.235 e. The number of benzene rings is 1. The molecule has 30 heavy (non-hydrogen) atoms. The highest BCUT2D eigenvalue weighted by Crippen LogP contribution is 2.50. The molecule has 0 radical (unpaired) electrons. The van der Waals surface area contributed by atoms with Gasteiger partial charge in [-0.2, -0.15) is 0 Å². The van der Waals surface area contributed by atoms with E-state index in [4.69, 9.17) is 5.73 Å². The zero-order chi connectivity index (χ0) is 22.1. The van der Waals surface area contributed by atoms with E-state index in [2.05, 4.69) is 0 Å². The predicted molar refractivity (Wildman–Crippen MR) is 101 cm³/mol. The van der Waals surface area contributed by atoms with Gasteiger partial charge in [0.2, 0.25) is 5.91 Å². The number of nitrogens with two attached hydrogens (primary N) is 1. The van der Waals surface area contributed by atoms with Crippen LogP contribution in [0.1, 0.15) is 22.3 Å². The first-order chi connectivity index (χ1) is 14.0. The fraction of sp³-hybridized carbons (Fsp3) is 0.476. The molecular weight excluding hydrogens is 392 g/mol. The van der Waals surface area contributed by atoms with Crippen LogP contribution in [0, 0.1) is 23.7 Å². The second-order valence-corrected chi connectivity index (χ2v) is 8.60. The number of primary amides is 1.